The van der Waals surface area contributed by atoms with Crippen LogP contribution in [-0.4, -0.2) is 8.42 Å². The molecule has 0 aliphatic carbocycles. The molecule has 1 rings (SSSR count). The number of thiol groups is 1. The average molecular weight is 224 g/mol. The molecule has 0 bridgehead atoms. The fourth-order valence-corrected chi connectivity index (χ4v) is 1.95. The molecule has 4 nitrogen and oxygen atoms in total. The van der Waals surface area contributed by atoms with Crippen molar-refractivity contribution in [3.63, 3.8) is 0 Å². The van der Waals surface area contributed by atoms with Crippen molar-refractivity contribution in [3.05, 3.63) is 30.1 Å². The molecular formula is C6H7FNO3S2+. The maximum atomic E-state index is 12.9. The van der Waals surface area contributed by atoms with Crippen LogP contribution < -0.4 is 4.89 Å². The molecule has 0 unspecified atom stereocenters. The molecule has 1 aromatic carbocycles. The largest absolute Gasteiger partial charge is 0.357 e. The SMILES string of the molecule is O=S(=O)([NH2+]OS)c1ccccc1F. The van der Waals surface area contributed by atoms with Crippen LogP contribution in [0.3, 0.4) is 0 Å². The predicted octanol–water partition coefficient (Wildman–Crippen LogP) is -0.146. The van der Waals surface area contributed by atoms with Crippen molar-refractivity contribution in [1.82, 2.24) is 0 Å². The molecular weight excluding hydrogens is 217 g/mol. The summed E-state index contributed by atoms with van der Waals surface area (Å²) in [6, 6.07) is 5.02. The smallest absolute Gasteiger partial charge is 0.205 e. The molecule has 13 heavy (non-hydrogen) atoms. The second-order valence-electron chi connectivity index (χ2n) is 2.18. The molecule has 7 heteroatoms. The Bertz CT molecular complexity index is 393. The molecule has 0 radical (unpaired) electrons. The monoisotopic (exact) mass is 224 g/mol. The minimum absolute atomic E-state index is 0.427. The highest BCUT2D eigenvalue weighted by molar-refractivity contribution is 7.85. The number of primary sulfonamides is 1. The Morgan fingerprint density at radius 1 is 1.38 bits per heavy atom. The van der Waals surface area contributed by atoms with Gasteiger partial charge in [0.1, 0.15) is 5.82 Å². The van der Waals surface area contributed by atoms with E-state index < -0.39 is 20.7 Å². The van der Waals surface area contributed by atoms with Gasteiger partial charge in [-0.1, -0.05) is 17.0 Å². The number of hydrogen-bond donors (Lipinski definition) is 2. The Labute approximate surface area is 80.3 Å². The zero-order valence-corrected chi connectivity index (χ0v) is 8.06. The van der Waals surface area contributed by atoms with Crippen molar-refractivity contribution in [3.8, 4) is 0 Å². The van der Waals surface area contributed by atoms with Crippen molar-refractivity contribution in [2.45, 2.75) is 4.90 Å². The van der Waals surface area contributed by atoms with E-state index in [4.69, 9.17) is 0 Å². The lowest BCUT2D eigenvalue weighted by Crippen LogP contribution is -2.84. The molecule has 0 aliphatic rings. The van der Waals surface area contributed by atoms with Crippen molar-refractivity contribution in [1.29, 1.82) is 0 Å². The van der Waals surface area contributed by atoms with Crippen molar-refractivity contribution < 1.29 is 22.0 Å². The molecule has 0 saturated carbocycles. The summed E-state index contributed by atoms with van der Waals surface area (Å²) in [6.45, 7) is 0. The first-order valence-electron chi connectivity index (χ1n) is 3.21. The molecule has 72 valence electrons. The van der Waals surface area contributed by atoms with Gasteiger partial charge in [-0.25, -0.2) is 4.39 Å². The zero-order valence-electron chi connectivity index (χ0n) is 6.34. The van der Waals surface area contributed by atoms with E-state index in [1.807, 2.05) is 0 Å². The van der Waals surface area contributed by atoms with Gasteiger partial charge >= 0.3 is 10.0 Å². The summed E-state index contributed by atoms with van der Waals surface area (Å²) in [5.41, 5.74) is 0. The van der Waals surface area contributed by atoms with Crippen LogP contribution in [0.15, 0.2) is 29.2 Å². The van der Waals surface area contributed by atoms with E-state index in [1.165, 1.54) is 12.1 Å². The Hall–Kier alpha value is -0.630. The lowest BCUT2D eigenvalue weighted by atomic mass is 10.4. The van der Waals surface area contributed by atoms with E-state index in [9.17, 15) is 12.8 Å². The fraction of sp³-hybridized carbons (Fsp3) is 0. The normalized spacial score (nSPS) is 11.5. The van der Waals surface area contributed by atoms with E-state index in [1.54, 1.807) is 0 Å². The predicted molar refractivity (Wildman–Crippen MR) is 45.6 cm³/mol. The topological polar surface area (TPSA) is 60.0 Å². The maximum Gasteiger partial charge on any atom is 0.357 e. The number of quaternary nitrogens is 1. The Morgan fingerprint density at radius 2 is 2.00 bits per heavy atom. The van der Waals surface area contributed by atoms with E-state index >= 15 is 0 Å². The minimum Gasteiger partial charge on any atom is -0.205 e. The highest BCUT2D eigenvalue weighted by Crippen LogP contribution is 2.09. The van der Waals surface area contributed by atoms with E-state index in [0.717, 1.165) is 12.1 Å². The summed E-state index contributed by atoms with van der Waals surface area (Å²) in [5, 5.41) is 0. The van der Waals surface area contributed by atoms with Gasteiger partial charge in [-0.05, 0) is 12.1 Å². The van der Waals surface area contributed by atoms with Gasteiger partial charge in [0, 0.05) is 12.9 Å². The second kappa shape index (κ2) is 4.05. The van der Waals surface area contributed by atoms with Gasteiger partial charge < -0.3 is 0 Å². The third-order valence-corrected chi connectivity index (χ3v) is 2.85. The molecule has 0 atom stereocenters. The number of hydrogen-bond acceptors (Lipinski definition) is 4. The summed E-state index contributed by atoms with van der Waals surface area (Å²) in [4.78, 5) is 0.0400. The van der Waals surface area contributed by atoms with Crippen LogP contribution in [0, 0.1) is 5.82 Å². The number of halogens is 1. The van der Waals surface area contributed by atoms with E-state index in [0.29, 0.717) is 4.89 Å². The summed E-state index contributed by atoms with van der Waals surface area (Å²) in [6.07, 6.45) is 0. The van der Waals surface area contributed by atoms with Crippen LogP contribution in [0.25, 0.3) is 0 Å². The van der Waals surface area contributed by atoms with Gasteiger partial charge in [0.05, 0.1) is 0 Å². The van der Waals surface area contributed by atoms with Crippen LogP contribution >= 0.6 is 12.9 Å². The summed E-state index contributed by atoms with van der Waals surface area (Å²) in [5.74, 6) is -0.816. The summed E-state index contributed by atoms with van der Waals surface area (Å²) < 4.78 is 39.3. The average Bonchev–Trinajstić information content (AvgIpc) is 2.04. The molecule has 0 amide bonds. The van der Waals surface area contributed by atoms with Gasteiger partial charge in [-0.2, -0.15) is 8.42 Å². The third-order valence-electron chi connectivity index (χ3n) is 1.31. The molecule has 0 aromatic heterocycles. The highest BCUT2D eigenvalue weighted by atomic mass is 32.2. The van der Waals surface area contributed by atoms with Crippen LogP contribution in [-0.2, 0) is 14.3 Å². The number of rotatable bonds is 3. The summed E-state index contributed by atoms with van der Waals surface area (Å²) in [7, 11) is -3.84. The fourth-order valence-electron chi connectivity index (χ4n) is 0.784. The standard InChI is InChI=1S/C6H6FNO3S2/c7-5-3-1-2-4-6(5)13(9,10)8-11-12/h1-4,8,12H/p+1. The molecule has 0 aliphatic heterocycles. The van der Waals surface area contributed by atoms with Gasteiger partial charge in [0.15, 0.2) is 4.90 Å². The minimum atomic E-state index is -3.84. The van der Waals surface area contributed by atoms with Crippen molar-refractivity contribution in [2.75, 3.05) is 0 Å². The quantitative estimate of drug-likeness (QED) is 0.426. The van der Waals surface area contributed by atoms with Gasteiger partial charge in [-0.15, -0.1) is 4.28 Å². The van der Waals surface area contributed by atoms with Crippen LogP contribution in [0.5, 0.6) is 0 Å². The van der Waals surface area contributed by atoms with Crippen LogP contribution in [0.1, 0.15) is 0 Å². The maximum absolute atomic E-state index is 12.9. The third kappa shape index (κ3) is 2.41. The zero-order chi connectivity index (χ0) is 9.90. The summed E-state index contributed by atoms with van der Waals surface area (Å²) >= 11 is 3.24. The highest BCUT2D eigenvalue weighted by Gasteiger charge is 2.22. The van der Waals surface area contributed by atoms with E-state index in [-0.39, 0.29) is 0 Å². The van der Waals surface area contributed by atoms with Crippen molar-refractivity contribution >= 4 is 22.9 Å². The Balaban J connectivity index is 3.15. The van der Waals surface area contributed by atoms with Crippen LogP contribution in [0.2, 0.25) is 0 Å². The molecule has 0 heterocycles. The first-order valence-corrected chi connectivity index (χ1v) is 5.12. The number of benzene rings is 1. The van der Waals surface area contributed by atoms with Crippen LogP contribution in [0.4, 0.5) is 4.39 Å². The second-order valence-corrected chi connectivity index (χ2v) is 4.11. The van der Waals surface area contributed by atoms with E-state index in [2.05, 4.69) is 17.2 Å². The number of nitrogens with two attached hydrogens (primary N) is 1. The first kappa shape index (κ1) is 10.5. The lowest BCUT2D eigenvalue weighted by Gasteiger charge is -1.99. The Kier molecular flexibility index (Phi) is 3.26. The Morgan fingerprint density at radius 3 is 2.54 bits per heavy atom. The first-order chi connectivity index (χ1) is 6.08. The van der Waals surface area contributed by atoms with Crippen molar-refractivity contribution in [2.24, 2.45) is 0 Å². The molecule has 0 saturated heterocycles. The lowest BCUT2D eigenvalue weighted by molar-refractivity contribution is -0.730. The molecule has 1 aromatic rings. The molecule has 0 spiro atoms. The van der Waals surface area contributed by atoms with Gasteiger partial charge in [0.2, 0.25) is 0 Å². The number of sulfonamides is 1. The van der Waals surface area contributed by atoms with Gasteiger partial charge in [-0.3, -0.25) is 0 Å². The molecule has 0 fully saturated rings. The molecule has 2 N–H and O–H groups in total. The van der Waals surface area contributed by atoms with Gasteiger partial charge in [0.25, 0.3) is 0 Å².